The van der Waals surface area contributed by atoms with E-state index in [0.717, 1.165) is 41.7 Å². The molecule has 0 spiro atoms. The van der Waals surface area contributed by atoms with Crippen molar-refractivity contribution in [3.63, 3.8) is 0 Å². The van der Waals surface area contributed by atoms with Gasteiger partial charge in [0.05, 0.1) is 14.2 Å². The van der Waals surface area contributed by atoms with Gasteiger partial charge in [-0.2, -0.15) is 0 Å². The van der Waals surface area contributed by atoms with E-state index in [-0.39, 0.29) is 0 Å². The lowest BCUT2D eigenvalue weighted by Crippen LogP contribution is -2.10. The van der Waals surface area contributed by atoms with Gasteiger partial charge in [0.15, 0.2) is 11.5 Å². The molecule has 0 saturated heterocycles. The Morgan fingerprint density at radius 3 is 2.56 bits per heavy atom. The minimum atomic E-state index is -0.681. The average molecular weight is 367 g/mol. The summed E-state index contributed by atoms with van der Waals surface area (Å²) in [6.45, 7) is 4.17. The number of aliphatic hydroxyl groups is 1. The first-order chi connectivity index (χ1) is 13.1. The third kappa shape index (κ3) is 4.72. The van der Waals surface area contributed by atoms with Crippen LogP contribution in [0.1, 0.15) is 54.9 Å². The minimum absolute atomic E-state index is 0.674. The summed E-state index contributed by atoms with van der Waals surface area (Å²) in [6.07, 6.45) is 6.15. The van der Waals surface area contributed by atoms with Crippen LogP contribution in [0.4, 0.5) is 0 Å². The number of methoxy groups -OCH3 is 2. The van der Waals surface area contributed by atoms with Gasteiger partial charge in [0.2, 0.25) is 0 Å². The van der Waals surface area contributed by atoms with E-state index in [1.807, 2.05) is 36.4 Å². The molecule has 2 unspecified atom stereocenters. The molecule has 3 nitrogen and oxygen atoms in total. The van der Waals surface area contributed by atoms with E-state index >= 15 is 0 Å². The van der Waals surface area contributed by atoms with Crippen LogP contribution in [0.15, 0.2) is 54.6 Å². The van der Waals surface area contributed by atoms with Crippen molar-refractivity contribution in [2.75, 3.05) is 14.2 Å². The fourth-order valence-corrected chi connectivity index (χ4v) is 4.10. The minimum Gasteiger partial charge on any atom is -0.493 e. The number of hydrogen-bond donors (Lipinski definition) is 1. The van der Waals surface area contributed by atoms with E-state index < -0.39 is 6.10 Å². The van der Waals surface area contributed by atoms with E-state index in [0.29, 0.717) is 11.7 Å². The Bertz CT molecular complexity index is 767. The Kier molecular flexibility index (Phi) is 6.57. The van der Waals surface area contributed by atoms with Crippen LogP contribution in [-0.4, -0.2) is 19.3 Å². The summed E-state index contributed by atoms with van der Waals surface area (Å²) in [5.74, 6) is 2.13. The fraction of sp³-hybridized carbons (Fsp3) is 0.417. The molecule has 2 aromatic rings. The highest BCUT2D eigenvalue weighted by Gasteiger charge is 2.20. The van der Waals surface area contributed by atoms with Crippen molar-refractivity contribution in [1.82, 2.24) is 0 Å². The molecule has 3 heteroatoms. The maximum absolute atomic E-state index is 10.8. The Morgan fingerprint density at radius 1 is 1.11 bits per heavy atom. The monoisotopic (exact) mass is 366 g/mol. The maximum Gasteiger partial charge on any atom is 0.163 e. The lowest BCUT2D eigenvalue weighted by atomic mass is 9.82. The number of ether oxygens (including phenoxy) is 2. The topological polar surface area (TPSA) is 38.7 Å². The summed E-state index contributed by atoms with van der Waals surface area (Å²) in [4.78, 5) is 0. The number of hydrogen-bond acceptors (Lipinski definition) is 3. The van der Waals surface area contributed by atoms with E-state index in [2.05, 4.69) is 12.6 Å². The van der Waals surface area contributed by atoms with Crippen molar-refractivity contribution < 1.29 is 14.6 Å². The number of rotatable bonds is 7. The van der Waals surface area contributed by atoms with Gasteiger partial charge in [0.25, 0.3) is 0 Å². The zero-order valence-electron chi connectivity index (χ0n) is 16.4. The molecule has 1 saturated carbocycles. The fourth-order valence-electron chi connectivity index (χ4n) is 4.10. The zero-order valence-corrected chi connectivity index (χ0v) is 16.4. The third-order valence-corrected chi connectivity index (χ3v) is 5.55. The van der Waals surface area contributed by atoms with Gasteiger partial charge in [-0.3, -0.25) is 0 Å². The summed E-state index contributed by atoms with van der Waals surface area (Å²) in [6, 6.07) is 13.7. The molecule has 0 aliphatic heterocycles. The van der Waals surface area contributed by atoms with Crippen molar-refractivity contribution >= 4 is 0 Å². The largest absolute Gasteiger partial charge is 0.493 e. The second-order valence-corrected chi connectivity index (χ2v) is 7.48. The summed E-state index contributed by atoms with van der Waals surface area (Å²) < 4.78 is 11.2. The molecule has 1 fully saturated rings. The molecule has 0 bridgehead atoms. The van der Waals surface area contributed by atoms with Crippen LogP contribution in [0.5, 0.6) is 11.5 Å². The van der Waals surface area contributed by atoms with E-state index in [1.54, 1.807) is 14.2 Å². The first kappa shape index (κ1) is 19.5. The van der Waals surface area contributed by atoms with Gasteiger partial charge in [-0.15, -0.1) is 0 Å². The average Bonchev–Trinajstić information content (AvgIpc) is 2.71. The van der Waals surface area contributed by atoms with Crippen molar-refractivity contribution in [3.05, 3.63) is 71.3 Å². The van der Waals surface area contributed by atoms with Crippen LogP contribution in [0, 0.1) is 5.92 Å². The molecule has 27 heavy (non-hydrogen) atoms. The van der Waals surface area contributed by atoms with Crippen molar-refractivity contribution in [1.29, 1.82) is 0 Å². The molecule has 144 valence electrons. The normalized spacial score (nSPS) is 18.2. The van der Waals surface area contributed by atoms with Gasteiger partial charge in [-0.25, -0.2) is 0 Å². The Morgan fingerprint density at radius 2 is 1.89 bits per heavy atom. The van der Waals surface area contributed by atoms with Crippen LogP contribution in [-0.2, 0) is 6.42 Å². The Labute approximate surface area is 162 Å². The first-order valence-electron chi connectivity index (χ1n) is 9.76. The third-order valence-electron chi connectivity index (χ3n) is 5.55. The molecule has 2 atom stereocenters. The van der Waals surface area contributed by atoms with Gasteiger partial charge < -0.3 is 14.6 Å². The van der Waals surface area contributed by atoms with Crippen molar-refractivity contribution in [2.45, 2.75) is 44.6 Å². The number of benzene rings is 2. The standard InChI is InChI=1S/C24H30O3/c1-17-8-7-9-18(14-17)12-13-20-15-21(16-22(26-2)24(20)27-3)23(25)19-10-5-4-6-11-19/h4-6,10-11,15-16,18,23,25H,1,7-9,12-14H2,2-3H3. The molecule has 1 N–H and O–H groups in total. The molecular weight excluding hydrogens is 336 g/mol. The molecule has 2 aromatic carbocycles. The van der Waals surface area contributed by atoms with E-state index in [4.69, 9.17) is 9.47 Å². The SMILES string of the molecule is C=C1CCCC(CCc2cc(C(O)c3ccccc3)cc(OC)c2OC)C1. The van der Waals surface area contributed by atoms with Crippen molar-refractivity contribution in [2.24, 2.45) is 5.92 Å². The highest BCUT2D eigenvalue weighted by Crippen LogP contribution is 2.38. The van der Waals surface area contributed by atoms with Gasteiger partial charge in [0, 0.05) is 0 Å². The Hall–Kier alpha value is -2.26. The highest BCUT2D eigenvalue weighted by molar-refractivity contribution is 5.51. The van der Waals surface area contributed by atoms with Gasteiger partial charge in [-0.05, 0) is 73.3 Å². The van der Waals surface area contributed by atoms with Crippen molar-refractivity contribution in [3.8, 4) is 11.5 Å². The van der Waals surface area contributed by atoms with Crippen LogP contribution in [0.25, 0.3) is 0 Å². The zero-order chi connectivity index (χ0) is 19.2. The van der Waals surface area contributed by atoms with Gasteiger partial charge >= 0.3 is 0 Å². The van der Waals surface area contributed by atoms with Crippen LogP contribution in [0.3, 0.4) is 0 Å². The smallest absolute Gasteiger partial charge is 0.163 e. The lowest BCUT2D eigenvalue weighted by molar-refractivity contribution is 0.219. The molecule has 1 aliphatic carbocycles. The lowest BCUT2D eigenvalue weighted by Gasteiger charge is -2.24. The summed E-state index contributed by atoms with van der Waals surface area (Å²) in [5.41, 5.74) is 4.18. The second-order valence-electron chi connectivity index (χ2n) is 7.48. The Balaban J connectivity index is 1.85. The predicted octanol–water partition coefficient (Wildman–Crippen LogP) is 5.46. The second kappa shape index (κ2) is 9.09. The summed E-state index contributed by atoms with van der Waals surface area (Å²) >= 11 is 0. The number of aryl methyl sites for hydroxylation is 1. The van der Waals surface area contributed by atoms with Gasteiger partial charge in [0.1, 0.15) is 6.10 Å². The molecule has 0 aromatic heterocycles. The van der Waals surface area contributed by atoms with Gasteiger partial charge in [-0.1, -0.05) is 42.5 Å². The number of aliphatic hydroxyl groups excluding tert-OH is 1. The van der Waals surface area contributed by atoms with E-state index in [1.165, 1.54) is 24.8 Å². The quantitative estimate of drug-likeness (QED) is 0.661. The molecular formula is C24H30O3. The molecule has 0 radical (unpaired) electrons. The summed E-state index contributed by atoms with van der Waals surface area (Å²) in [5, 5.41) is 10.8. The molecule has 0 heterocycles. The van der Waals surface area contributed by atoms with Crippen LogP contribution < -0.4 is 9.47 Å². The number of allylic oxidation sites excluding steroid dienone is 1. The maximum atomic E-state index is 10.8. The van der Waals surface area contributed by atoms with Crippen LogP contribution >= 0.6 is 0 Å². The molecule has 0 amide bonds. The molecule has 1 aliphatic rings. The summed E-state index contributed by atoms with van der Waals surface area (Å²) in [7, 11) is 3.32. The highest BCUT2D eigenvalue weighted by atomic mass is 16.5. The first-order valence-corrected chi connectivity index (χ1v) is 9.76. The molecule has 3 rings (SSSR count). The van der Waals surface area contributed by atoms with Crippen LogP contribution in [0.2, 0.25) is 0 Å². The van der Waals surface area contributed by atoms with E-state index in [9.17, 15) is 5.11 Å². The predicted molar refractivity (Wildman–Crippen MR) is 109 cm³/mol.